The minimum atomic E-state index is 0.251. The van der Waals surface area contributed by atoms with E-state index in [1.54, 1.807) is 11.8 Å². The van der Waals surface area contributed by atoms with Crippen molar-refractivity contribution in [2.45, 2.75) is 44.9 Å². The summed E-state index contributed by atoms with van der Waals surface area (Å²) in [6.07, 6.45) is 7.82. The van der Waals surface area contributed by atoms with E-state index in [0.717, 1.165) is 36.4 Å². The quantitative estimate of drug-likeness (QED) is 0.234. The number of hydrogen-bond donors (Lipinski definition) is 0. The first-order valence-electron chi connectivity index (χ1n) is 10.5. The van der Waals surface area contributed by atoms with Gasteiger partial charge >= 0.3 is 0 Å². The highest BCUT2D eigenvalue weighted by atomic mass is 32.2. The zero-order valence-corrected chi connectivity index (χ0v) is 19.5. The Morgan fingerprint density at radius 3 is 2.63 bits per heavy atom. The second-order valence-corrected chi connectivity index (χ2v) is 10.7. The van der Waals surface area contributed by atoms with Crippen molar-refractivity contribution in [1.29, 1.82) is 0 Å². The largest absolute Gasteiger partial charge is 0.278 e. The molecule has 1 aliphatic carbocycles. The van der Waals surface area contributed by atoms with E-state index in [4.69, 9.17) is 9.98 Å². The zero-order chi connectivity index (χ0) is 21.0. The Labute approximate surface area is 187 Å². The van der Waals surface area contributed by atoms with Crippen LogP contribution < -0.4 is 0 Å². The fraction of sp³-hybridized carbons (Fsp3) is 0.308. The second-order valence-electron chi connectivity index (χ2n) is 8.52. The van der Waals surface area contributed by atoms with Crippen molar-refractivity contribution in [3.05, 3.63) is 82.9 Å². The molecule has 0 atom stereocenters. The molecule has 1 heterocycles. The highest BCUT2D eigenvalue weighted by Gasteiger charge is 2.26. The highest BCUT2D eigenvalue weighted by Crippen LogP contribution is 2.40. The third-order valence-corrected chi connectivity index (χ3v) is 7.08. The van der Waals surface area contributed by atoms with Gasteiger partial charge in [0.2, 0.25) is 0 Å². The van der Waals surface area contributed by atoms with Crippen LogP contribution in [0.4, 0.5) is 0 Å². The van der Waals surface area contributed by atoms with E-state index in [1.165, 1.54) is 25.7 Å². The van der Waals surface area contributed by atoms with Crippen LogP contribution >= 0.6 is 23.1 Å². The van der Waals surface area contributed by atoms with Crippen LogP contribution in [0, 0.1) is 5.41 Å². The molecule has 154 valence electrons. The van der Waals surface area contributed by atoms with Crippen LogP contribution in [-0.4, -0.2) is 16.6 Å². The van der Waals surface area contributed by atoms with E-state index in [0.29, 0.717) is 0 Å². The lowest BCUT2D eigenvalue weighted by molar-refractivity contribution is 0.349. The molecule has 0 aliphatic heterocycles. The van der Waals surface area contributed by atoms with Gasteiger partial charge in [0, 0.05) is 17.9 Å². The van der Waals surface area contributed by atoms with E-state index in [9.17, 15) is 0 Å². The number of allylic oxidation sites excluding steroid dienone is 3. The maximum absolute atomic E-state index is 4.86. The van der Waals surface area contributed by atoms with E-state index in [-0.39, 0.29) is 5.41 Å². The number of thioether (sulfide) groups is 1. The minimum absolute atomic E-state index is 0.251. The Morgan fingerprint density at radius 2 is 1.87 bits per heavy atom. The van der Waals surface area contributed by atoms with Gasteiger partial charge in [-0.05, 0) is 61.1 Å². The number of para-hydroxylation sites is 1. The Morgan fingerprint density at radius 1 is 1.10 bits per heavy atom. The molecule has 0 bridgehead atoms. The Kier molecular flexibility index (Phi) is 6.55. The molecule has 0 radical (unpaired) electrons. The van der Waals surface area contributed by atoms with E-state index in [2.05, 4.69) is 87.5 Å². The number of benzene rings is 2. The number of rotatable bonds is 5. The average molecular weight is 433 g/mol. The maximum atomic E-state index is 4.86. The molecule has 0 unspecified atom stereocenters. The molecule has 1 aliphatic rings. The normalized spacial score (nSPS) is 18.0. The molecule has 0 amide bonds. The highest BCUT2D eigenvalue weighted by molar-refractivity contribution is 8.14. The molecule has 0 N–H and O–H groups in total. The van der Waals surface area contributed by atoms with Crippen molar-refractivity contribution in [3.63, 3.8) is 0 Å². The standard InChI is InChI=1S/C26H28N2S2/c1-4-27-24(29-21-10-6-5-7-11-21)15-19-14-20(18-26(2,3)17-19)16-25-28-22-12-8-9-13-23(22)30-25/h5-15H,4,16-18H2,1-3H3. The van der Waals surface area contributed by atoms with Gasteiger partial charge in [0.25, 0.3) is 0 Å². The van der Waals surface area contributed by atoms with Gasteiger partial charge < -0.3 is 0 Å². The summed E-state index contributed by atoms with van der Waals surface area (Å²) in [5.41, 5.74) is 4.21. The molecule has 2 aromatic carbocycles. The van der Waals surface area contributed by atoms with E-state index >= 15 is 0 Å². The van der Waals surface area contributed by atoms with Crippen molar-refractivity contribution in [2.24, 2.45) is 10.4 Å². The number of thiazole rings is 1. The SMILES string of the molecule is CCN=C(C=C1C=C(Cc2nc3ccccc3s2)CC(C)(C)C1)Sc1ccccc1. The Hall–Kier alpha value is -2.17. The van der Waals surface area contributed by atoms with Crippen molar-refractivity contribution >= 4 is 38.4 Å². The fourth-order valence-electron chi connectivity index (χ4n) is 4.02. The summed E-state index contributed by atoms with van der Waals surface area (Å²) >= 11 is 3.57. The third kappa shape index (κ3) is 5.50. The monoisotopic (exact) mass is 432 g/mol. The molecule has 0 spiro atoms. The first kappa shape index (κ1) is 21.1. The zero-order valence-electron chi connectivity index (χ0n) is 17.9. The summed E-state index contributed by atoms with van der Waals surface area (Å²) in [5.74, 6) is 0. The summed E-state index contributed by atoms with van der Waals surface area (Å²) in [5, 5.41) is 2.30. The molecule has 0 saturated carbocycles. The Balaban J connectivity index is 1.59. The number of fused-ring (bicyclic) bond motifs is 1. The third-order valence-electron chi connectivity index (χ3n) is 5.08. The summed E-state index contributed by atoms with van der Waals surface area (Å²) in [7, 11) is 0. The summed E-state index contributed by atoms with van der Waals surface area (Å²) in [6, 6.07) is 18.9. The summed E-state index contributed by atoms with van der Waals surface area (Å²) < 4.78 is 1.27. The van der Waals surface area contributed by atoms with Gasteiger partial charge in [-0.2, -0.15) is 0 Å². The average Bonchev–Trinajstić information content (AvgIpc) is 3.10. The van der Waals surface area contributed by atoms with Crippen molar-refractivity contribution < 1.29 is 0 Å². The Bertz CT molecular complexity index is 1070. The minimum Gasteiger partial charge on any atom is -0.278 e. The van der Waals surface area contributed by atoms with Crippen LogP contribution in [0.5, 0.6) is 0 Å². The maximum Gasteiger partial charge on any atom is 0.0979 e. The number of nitrogens with zero attached hydrogens (tertiary/aromatic N) is 2. The number of hydrogen-bond acceptors (Lipinski definition) is 4. The topological polar surface area (TPSA) is 25.2 Å². The van der Waals surface area contributed by atoms with Crippen LogP contribution in [-0.2, 0) is 6.42 Å². The first-order valence-corrected chi connectivity index (χ1v) is 12.2. The van der Waals surface area contributed by atoms with Crippen molar-refractivity contribution in [3.8, 4) is 0 Å². The summed E-state index contributed by atoms with van der Waals surface area (Å²) in [6.45, 7) is 7.63. The van der Waals surface area contributed by atoms with Crippen molar-refractivity contribution in [2.75, 3.05) is 6.54 Å². The second kappa shape index (κ2) is 9.32. The number of aromatic nitrogens is 1. The molecule has 30 heavy (non-hydrogen) atoms. The van der Waals surface area contributed by atoms with Gasteiger partial charge in [0.1, 0.15) is 0 Å². The van der Waals surface area contributed by atoms with Gasteiger partial charge in [0.05, 0.1) is 20.3 Å². The lowest BCUT2D eigenvalue weighted by atomic mass is 9.74. The molecule has 4 rings (SSSR count). The van der Waals surface area contributed by atoms with E-state index in [1.807, 2.05) is 11.3 Å². The van der Waals surface area contributed by atoms with Crippen LogP contribution in [0.25, 0.3) is 10.2 Å². The first-order chi connectivity index (χ1) is 14.5. The molecule has 2 nitrogen and oxygen atoms in total. The molecular formula is C26H28N2S2. The van der Waals surface area contributed by atoms with Crippen LogP contribution in [0.15, 0.2) is 87.8 Å². The van der Waals surface area contributed by atoms with Gasteiger partial charge in [0.15, 0.2) is 0 Å². The van der Waals surface area contributed by atoms with Crippen LogP contribution in [0.1, 0.15) is 38.6 Å². The molecule has 0 saturated heterocycles. The molecule has 4 heteroatoms. The lowest BCUT2D eigenvalue weighted by Crippen LogP contribution is -2.18. The van der Waals surface area contributed by atoms with Crippen molar-refractivity contribution in [1.82, 2.24) is 4.98 Å². The van der Waals surface area contributed by atoms with Gasteiger partial charge in [-0.3, -0.25) is 4.99 Å². The van der Waals surface area contributed by atoms with Gasteiger partial charge in [-0.15, -0.1) is 11.3 Å². The lowest BCUT2D eigenvalue weighted by Gasteiger charge is -2.31. The molecule has 0 fully saturated rings. The number of aliphatic imine (C=N–C) groups is 1. The van der Waals surface area contributed by atoms with Gasteiger partial charge in [-0.1, -0.05) is 67.6 Å². The fourth-order valence-corrected chi connectivity index (χ4v) is 5.98. The predicted molar refractivity (Wildman–Crippen MR) is 133 cm³/mol. The molecule has 1 aromatic heterocycles. The molecular weight excluding hydrogens is 404 g/mol. The van der Waals surface area contributed by atoms with E-state index < -0.39 is 0 Å². The van der Waals surface area contributed by atoms with Crippen LogP contribution in [0.3, 0.4) is 0 Å². The smallest absolute Gasteiger partial charge is 0.0979 e. The summed E-state index contributed by atoms with van der Waals surface area (Å²) in [4.78, 5) is 10.9. The van der Waals surface area contributed by atoms with Gasteiger partial charge in [-0.25, -0.2) is 4.98 Å². The van der Waals surface area contributed by atoms with Crippen LogP contribution in [0.2, 0.25) is 0 Å². The molecule has 3 aromatic rings. The predicted octanol–water partition coefficient (Wildman–Crippen LogP) is 7.72.